The Morgan fingerprint density at radius 3 is 2.61 bits per heavy atom. The fraction of sp³-hybridized carbons (Fsp3) is 0.211. The van der Waals surface area contributed by atoms with Crippen LogP contribution in [0.2, 0.25) is 0 Å². The van der Waals surface area contributed by atoms with E-state index in [0.717, 1.165) is 11.1 Å². The molecular weight excluding hydrogens is 292 g/mol. The van der Waals surface area contributed by atoms with Crippen LogP contribution in [0.25, 0.3) is 6.08 Å². The van der Waals surface area contributed by atoms with E-state index in [9.17, 15) is 9.90 Å². The van der Waals surface area contributed by atoms with Gasteiger partial charge >= 0.3 is 0 Å². The van der Waals surface area contributed by atoms with Gasteiger partial charge in [-0.05, 0) is 36.3 Å². The molecule has 1 atom stereocenters. The quantitative estimate of drug-likeness (QED) is 0.771. The van der Waals surface area contributed by atoms with Crippen molar-refractivity contribution in [3.8, 4) is 5.75 Å². The lowest BCUT2D eigenvalue weighted by Gasteiger charge is -2.15. The minimum atomic E-state index is -1.75. The Morgan fingerprint density at radius 2 is 1.91 bits per heavy atom. The number of hydrogen-bond donors (Lipinski definition) is 2. The highest BCUT2D eigenvalue weighted by Gasteiger charge is 2.26. The number of aliphatic hydroxyl groups is 2. The van der Waals surface area contributed by atoms with Crippen LogP contribution in [-0.2, 0) is 11.4 Å². The summed E-state index contributed by atoms with van der Waals surface area (Å²) in [7, 11) is 0. The van der Waals surface area contributed by atoms with Gasteiger partial charge in [0.1, 0.15) is 18.0 Å². The molecule has 4 nitrogen and oxygen atoms in total. The van der Waals surface area contributed by atoms with Crippen LogP contribution in [0, 0.1) is 0 Å². The van der Waals surface area contributed by atoms with Crippen molar-refractivity contribution in [3.63, 3.8) is 0 Å². The van der Waals surface area contributed by atoms with Crippen molar-refractivity contribution < 1.29 is 19.7 Å². The Kier molecular flexibility index (Phi) is 5.68. The third kappa shape index (κ3) is 5.06. The molecule has 0 aliphatic rings. The van der Waals surface area contributed by atoms with E-state index in [1.54, 1.807) is 12.1 Å². The fourth-order valence-electron chi connectivity index (χ4n) is 1.88. The van der Waals surface area contributed by atoms with Crippen LogP contribution < -0.4 is 4.74 Å². The van der Waals surface area contributed by atoms with E-state index in [4.69, 9.17) is 9.84 Å². The average molecular weight is 312 g/mol. The summed E-state index contributed by atoms with van der Waals surface area (Å²) in [5.41, 5.74) is 0.0954. The second-order valence-corrected chi connectivity index (χ2v) is 5.48. The van der Waals surface area contributed by atoms with E-state index in [-0.39, 0.29) is 0 Å². The van der Waals surface area contributed by atoms with Gasteiger partial charge in [0.05, 0.1) is 6.61 Å². The van der Waals surface area contributed by atoms with Crippen molar-refractivity contribution in [2.24, 2.45) is 0 Å². The molecule has 2 rings (SSSR count). The maximum atomic E-state index is 11.7. The first kappa shape index (κ1) is 16.9. The summed E-state index contributed by atoms with van der Waals surface area (Å²) in [5.74, 6) is 0.146. The van der Waals surface area contributed by atoms with Crippen molar-refractivity contribution in [1.82, 2.24) is 0 Å². The third-order valence-electron chi connectivity index (χ3n) is 3.37. The highest BCUT2D eigenvalue weighted by Crippen LogP contribution is 2.17. The summed E-state index contributed by atoms with van der Waals surface area (Å²) in [6, 6.07) is 17.1. The number of carbonyl (C=O) groups excluding carboxylic acids is 1. The van der Waals surface area contributed by atoms with Gasteiger partial charge in [0.2, 0.25) is 0 Å². The van der Waals surface area contributed by atoms with E-state index in [1.165, 1.54) is 13.0 Å². The van der Waals surface area contributed by atoms with Gasteiger partial charge in [-0.3, -0.25) is 4.79 Å². The third-order valence-corrected chi connectivity index (χ3v) is 3.37. The molecule has 0 saturated heterocycles. The molecular formula is C19H20O4. The lowest BCUT2D eigenvalue weighted by atomic mass is 10.0. The first-order valence-corrected chi connectivity index (χ1v) is 7.34. The predicted octanol–water partition coefficient (Wildman–Crippen LogP) is 2.59. The normalized spacial score (nSPS) is 13.7. The molecule has 0 heterocycles. The molecule has 120 valence electrons. The van der Waals surface area contributed by atoms with Crippen LogP contribution in [0.4, 0.5) is 0 Å². The molecule has 0 fully saturated rings. The summed E-state index contributed by atoms with van der Waals surface area (Å²) >= 11 is 0. The Balaban J connectivity index is 2.01. The topological polar surface area (TPSA) is 66.8 Å². The van der Waals surface area contributed by atoms with Crippen LogP contribution in [-0.4, -0.2) is 28.2 Å². The highest BCUT2D eigenvalue weighted by molar-refractivity contribution is 5.99. The molecule has 2 aromatic carbocycles. The summed E-state index contributed by atoms with van der Waals surface area (Å²) in [5, 5.41) is 18.6. The molecule has 0 bridgehead atoms. The van der Waals surface area contributed by atoms with Gasteiger partial charge in [0.25, 0.3) is 0 Å². The average Bonchev–Trinajstić information content (AvgIpc) is 2.59. The largest absolute Gasteiger partial charge is 0.489 e. The second-order valence-electron chi connectivity index (χ2n) is 5.48. The molecule has 0 saturated carbocycles. The molecule has 2 aromatic rings. The van der Waals surface area contributed by atoms with Gasteiger partial charge in [0, 0.05) is 0 Å². The van der Waals surface area contributed by atoms with Gasteiger partial charge in [-0.1, -0.05) is 48.5 Å². The SMILES string of the molecule is CC(O)(CO)C(=O)/C=C/c1cccc(OCc2ccccc2)c1. The summed E-state index contributed by atoms with van der Waals surface area (Å²) < 4.78 is 5.72. The van der Waals surface area contributed by atoms with E-state index >= 15 is 0 Å². The van der Waals surface area contributed by atoms with Crippen LogP contribution in [0.5, 0.6) is 5.75 Å². The highest BCUT2D eigenvalue weighted by atomic mass is 16.5. The van der Waals surface area contributed by atoms with Crippen molar-refractivity contribution in [1.29, 1.82) is 0 Å². The zero-order chi connectivity index (χ0) is 16.7. The smallest absolute Gasteiger partial charge is 0.189 e. The number of ketones is 1. The molecule has 0 aliphatic carbocycles. The lowest BCUT2D eigenvalue weighted by molar-refractivity contribution is -0.133. The number of benzene rings is 2. The van der Waals surface area contributed by atoms with Crippen molar-refractivity contribution >= 4 is 11.9 Å². The first-order chi connectivity index (χ1) is 11.0. The Labute approximate surface area is 135 Å². The molecule has 0 radical (unpaired) electrons. The minimum Gasteiger partial charge on any atom is -0.489 e. The van der Waals surface area contributed by atoms with Crippen LogP contribution >= 0.6 is 0 Å². The second kappa shape index (κ2) is 7.72. The van der Waals surface area contributed by atoms with Gasteiger partial charge in [-0.15, -0.1) is 0 Å². The van der Waals surface area contributed by atoms with E-state index < -0.39 is 18.0 Å². The molecule has 23 heavy (non-hydrogen) atoms. The molecule has 0 spiro atoms. The monoisotopic (exact) mass is 312 g/mol. The number of hydrogen-bond acceptors (Lipinski definition) is 4. The van der Waals surface area contributed by atoms with Gasteiger partial charge in [-0.25, -0.2) is 0 Å². The lowest BCUT2D eigenvalue weighted by Crippen LogP contribution is -2.37. The molecule has 0 aromatic heterocycles. The van der Waals surface area contributed by atoms with Gasteiger partial charge < -0.3 is 14.9 Å². The standard InChI is InChI=1S/C19H20O4/c1-19(22,14-20)18(21)11-10-15-8-5-9-17(12-15)23-13-16-6-3-2-4-7-16/h2-12,20,22H,13-14H2,1H3/b11-10+. The van der Waals surface area contributed by atoms with Gasteiger partial charge in [0.15, 0.2) is 5.78 Å². The summed E-state index contributed by atoms with van der Waals surface area (Å²) in [6.45, 7) is 1.13. The first-order valence-electron chi connectivity index (χ1n) is 7.34. The molecule has 0 aliphatic heterocycles. The molecule has 4 heteroatoms. The Hall–Kier alpha value is -2.43. The van der Waals surface area contributed by atoms with Crippen LogP contribution in [0.1, 0.15) is 18.1 Å². The van der Waals surface area contributed by atoms with E-state index in [0.29, 0.717) is 12.4 Å². The molecule has 2 N–H and O–H groups in total. The Morgan fingerprint density at radius 1 is 1.17 bits per heavy atom. The van der Waals surface area contributed by atoms with E-state index in [1.807, 2.05) is 48.5 Å². The fourth-order valence-corrected chi connectivity index (χ4v) is 1.88. The van der Waals surface area contributed by atoms with Gasteiger partial charge in [-0.2, -0.15) is 0 Å². The predicted molar refractivity (Wildman–Crippen MR) is 89.0 cm³/mol. The summed E-state index contributed by atoms with van der Waals surface area (Å²) in [6.07, 6.45) is 2.84. The molecule has 0 amide bonds. The molecule has 1 unspecified atom stereocenters. The maximum absolute atomic E-state index is 11.7. The van der Waals surface area contributed by atoms with E-state index in [2.05, 4.69) is 0 Å². The minimum absolute atomic E-state index is 0.464. The van der Waals surface area contributed by atoms with Crippen molar-refractivity contribution in [3.05, 3.63) is 71.8 Å². The number of ether oxygens (including phenoxy) is 1. The number of carbonyl (C=O) groups is 1. The number of rotatable bonds is 7. The zero-order valence-electron chi connectivity index (χ0n) is 13.0. The zero-order valence-corrected chi connectivity index (χ0v) is 13.0. The maximum Gasteiger partial charge on any atom is 0.189 e. The van der Waals surface area contributed by atoms with Crippen molar-refractivity contribution in [2.45, 2.75) is 19.1 Å². The van der Waals surface area contributed by atoms with Crippen LogP contribution in [0.15, 0.2) is 60.7 Å². The van der Waals surface area contributed by atoms with Crippen LogP contribution in [0.3, 0.4) is 0 Å². The summed E-state index contributed by atoms with van der Waals surface area (Å²) in [4.78, 5) is 11.7. The Bertz CT molecular complexity index is 675. The van der Waals surface area contributed by atoms with Crippen molar-refractivity contribution in [2.75, 3.05) is 6.61 Å². The number of aliphatic hydroxyl groups excluding tert-OH is 1.